The lowest BCUT2D eigenvalue weighted by molar-refractivity contribution is -0.384. The average Bonchev–Trinajstić information content (AvgIpc) is 2.38. The van der Waals surface area contributed by atoms with E-state index in [0.29, 0.717) is 5.56 Å². The Bertz CT molecular complexity index is 498. The van der Waals surface area contributed by atoms with Crippen LogP contribution in [0.3, 0.4) is 0 Å². The molecule has 1 atom stereocenters. The summed E-state index contributed by atoms with van der Waals surface area (Å²) in [7, 11) is 0. The van der Waals surface area contributed by atoms with E-state index in [1.165, 1.54) is 31.2 Å². The van der Waals surface area contributed by atoms with Crippen LogP contribution in [-0.4, -0.2) is 23.4 Å². The van der Waals surface area contributed by atoms with E-state index in [-0.39, 0.29) is 24.6 Å². The number of esters is 1. The minimum absolute atomic E-state index is 0.0226. The molecule has 7 heteroatoms. The van der Waals surface area contributed by atoms with Gasteiger partial charge in [-0.3, -0.25) is 19.7 Å². The van der Waals surface area contributed by atoms with Crippen LogP contribution >= 0.6 is 0 Å². The summed E-state index contributed by atoms with van der Waals surface area (Å²) in [5.74, 6) is -0.734. The standard InChI is InChI=1S/C13H16N2O5/c1-3-20-13(17)8-12(14-9(2)16)10-4-6-11(7-5-10)15(18)19/h4-7,12H,3,8H2,1-2H3,(H,14,16)/t12-/m1/s1. The van der Waals surface area contributed by atoms with Crippen LogP contribution in [0.5, 0.6) is 0 Å². The highest BCUT2D eigenvalue weighted by Gasteiger charge is 2.18. The molecule has 1 aromatic rings. The van der Waals surface area contributed by atoms with Gasteiger partial charge in [-0.1, -0.05) is 12.1 Å². The molecule has 0 saturated carbocycles. The molecule has 20 heavy (non-hydrogen) atoms. The quantitative estimate of drug-likeness (QED) is 0.486. The van der Waals surface area contributed by atoms with Crippen molar-refractivity contribution in [3.63, 3.8) is 0 Å². The molecule has 0 heterocycles. The monoisotopic (exact) mass is 280 g/mol. The third kappa shape index (κ3) is 4.68. The average molecular weight is 280 g/mol. The number of nitrogens with one attached hydrogen (secondary N) is 1. The molecule has 0 aliphatic rings. The predicted molar refractivity (Wildman–Crippen MR) is 70.9 cm³/mol. The number of nitro groups is 1. The molecule has 0 saturated heterocycles. The molecule has 0 bridgehead atoms. The largest absolute Gasteiger partial charge is 0.466 e. The highest BCUT2D eigenvalue weighted by Crippen LogP contribution is 2.20. The molecule has 7 nitrogen and oxygen atoms in total. The predicted octanol–water partition coefficient (Wildman–Crippen LogP) is 1.73. The van der Waals surface area contributed by atoms with Crippen LogP contribution in [0.4, 0.5) is 5.69 Å². The highest BCUT2D eigenvalue weighted by molar-refractivity contribution is 5.76. The molecule has 0 aliphatic carbocycles. The van der Waals surface area contributed by atoms with Gasteiger partial charge in [0.2, 0.25) is 5.91 Å². The maximum atomic E-state index is 11.5. The van der Waals surface area contributed by atoms with E-state index in [1.54, 1.807) is 6.92 Å². The molecule has 0 radical (unpaired) electrons. The van der Waals surface area contributed by atoms with Crippen LogP contribution in [0.15, 0.2) is 24.3 Å². The Balaban J connectivity index is 2.89. The number of nitrogens with zero attached hydrogens (tertiary/aromatic N) is 1. The smallest absolute Gasteiger partial charge is 0.308 e. The van der Waals surface area contributed by atoms with Gasteiger partial charge in [-0.15, -0.1) is 0 Å². The summed E-state index contributed by atoms with van der Waals surface area (Å²) in [6, 6.07) is 5.12. The van der Waals surface area contributed by atoms with Crippen LogP contribution in [0.25, 0.3) is 0 Å². The Morgan fingerprint density at radius 1 is 1.35 bits per heavy atom. The molecule has 1 N–H and O–H groups in total. The van der Waals surface area contributed by atoms with Gasteiger partial charge in [0.1, 0.15) is 0 Å². The van der Waals surface area contributed by atoms with Gasteiger partial charge in [0.15, 0.2) is 0 Å². The fourth-order valence-corrected chi connectivity index (χ4v) is 1.71. The fourth-order valence-electron chi connectivity index (χ4n) is 1.71. The molecule has 1 rings (SSSR count). The van der Waals surface area contributed by atoms with Crippen molar-refractivity contribution in [1.29, 1.82) is 0 Å². The topological polar surface area (TPSA) is 98.5 Å². The van der Waals surface area contributed by atoms with Gasteiger partial charge in [-0.2, -0.15) is 0 Å². The number of amides is 1. The van der Waals surface area contributed by atoms with E-state index in [2.05, 4.69) is 5.32 Å². The van der Waals surface area contributed by atoms with Gasteiger partial charge in [-0.25, -0.2) is 0 Å². The molecule has 0 unspecified atom stereocenters. The number of carbonyl (C=O) groups is 2. The number of carbonyl (C=O) groups excluding carboxylic acids is 2. The van der Waals surface area contributed by atoms with Crippen molar-refractivity contribution in [3.05, 3.63) is 39.9 Å². The Kier molecular flexibility index (Phi) is 5.64. The number of benzene rings is 1. The van der Waals surface area contributed by atoms with Crippen LogP contribution < -0.4 is 5.32 Å². The summed E-state index contributed by atoms with van der Waals surface area (Å²) in [5, 5.41) is 13.2. The first-order valence-electron chi connectivity index (χ1n) is 6.11. The lowest BCUT2D eigenvalue weighted by Crippen LogP contribution is -2.28. The van der Waals surface area contributed by atoms with Crippen molar-refractivity contribution >= 4 is 17.6 Å². The second kappa shape index (κ2) is 7.22. The number of hydrogen-bond donors (Lipinski definition) is 1. The summed E-state index contributed by atoms with van der Waals surface area (Å²) in [5.41, 5.74) is 0.560. The van der Waals surface area contributed by atoms with Crippen LogP contribution in [-0.2, 0) is 14.3 Å². The molecule has 0 aliphatic heterocycles. The second-order valence-electron chi connectivity index (χ2n) is 4.11. The zero-order chi connectivity index (χ0) is 15.1. The first-order chi connectivity index (χ1) is 9.43. The summed E-state index contributed by atoms with van der Waals surface area (Å²) >= 11 is 0. The zero-order valence-electron chi connectivity index (χ0n) is 11.3. The third-order valence-electron chi connectivity index (χ3n) is 2.56. The van der Waals surface area contributed by atoms with Gasteiger partial charge >= 0.3 is 5.97 Å². The molecular weight excluding hydrogens is 264 g/mol. The first kappa shape index (κ1) is 15.6. The Morgan fingerprint density at radius 2 is 1.95 bits per heavy atom. The summed E-state index contributed by atoms with van der Waals surface area (Å²) < 4.78 is 4.84. The van der Waals surface area contributed by atoms with Crippen molar-refractivity contribution in [1.82, 2.24) is 5.32 Å². The van der Waals surface area contributed by atoms with E-state index < -0.39 is 16.9 Å². The van der Waals surface area contributed by atoms with Gasteiger partial charge in [-0.05, 0) is 12.5 Å². The Morgan fingerprint density at radius 3 is 2.40 bits per heavy atom. The lowest BCUT2D eigenvalue weighted by Gasteiger charge is -2.17. The maximum absolute atomic E-state index is 11.5. The van der Waals surface area contributed by atoms with Crippen LogP contribution in [0.2, 0.25) is 0 Å². The van der Waals surface area contributed by atoms with Gasteiger partial charge < -0.3 is 10.1 Å². The van der Waals surface area contributed by atoms with Crippen LogP contribution in [0, 0.1) is 10.1 Å². The number of non-ortho nitro benzene ring substituents is 1. The fraction of sp³-hybridized carbons (Fsp3) is 0.385. The minimum atomic E-state index is -0.563. The highest BCUT2D eigenvalue weighted by atomic mass is 16.6. The summed E-state index contributed by atoms with van der Waals surface area (Å²) in [6.07, 6.45) is -0.0226. The number of nitro benzene ring substituents is 1. The Hall–Kier alpha value is -2.44. The molecule has 0 fully saturated rings. The van der Waals surface area contributed by atoms with Crippen molar-refractivity contribution in [2.24, 2.45) is 0 Å². The van der Waals surface area contributed by atoms with Crippen molar-refractivity contribution in [2.45, 2.75) is 26.3 Å². The molecule has 0 spiro atoms. The van der Waals surface area contributed by atoms with E-state index >= 15 is 0 Å². The summed E-state index contributed by atoms with van der Waals surface area (Å²) in [4.78, 5) is 32.7. The SMILES string of the molecule is CCOC(=O)C[C@@H](NC(C)=O)c1ccc([N+](=O)[O-])cc1. The second-order valence-corrected chi connectivity index (χ2v) is 4.11. The molecular formula is C13H16N2O5. The van der Waals surface area contributed by atoms with Crippen molar-refractivity contribution in [3.8, 4) is 0 Å². The number of ether oxygens (including phenoxy) is 1. The third-order valence-corrected chi connectivity index (χ3v) is 2.56. The maximum Gasteiger partial charge on any atom is 0.308 e. The van der Waals surface area contributed by atoms with Gasteiger partial charge in [0, 0.05) is 19.1 Å². The van der Waals surface area contributed by atoms with E-state index in [9.17, 15) is 19.7 Å². The van der Waals surface area contributed by atoms with Gasteiger partial charge in [0.05, 0.1) is 24.0 Å². The van der Waals surface area contributed by atoms with Crippen LogP contribution in [0.1, 0.15) is 31.9 Å². The summed E-state index contributed by atoms with van der Waals surface area (Å²) in [6.45, 7) is 3.28. The number of hydrogen-bond acceptors (Lipinski definition) is 5. The van der Waals surface area contributed by atoms with Crippen molar-refractivity contribution < 1.29 is 19.2 Å². The normalized spacial score (nSPS) is 11.5. The van der Waals surface area contributed by atoms with E-state index in [4.69, 9.17) is 4.74 Å². The zero-order valence-corrected chi connectivity index (χ0v) is 11.3. The van der Waals surface area contributed by atoms with Gasteiger partial charge in [0.25, 0.3) is 5.69 Å². The molecule has 108 valence electrons. The van der Waals surface area contributed by atoms with E-state index in [1.807, 2.05) is 0 Å². The molecule has 0 aromatic heterocycles. The lowest BCUT2D eigenvalue weighted by atomic mass is 10.0. The Labute approximate surface area is 116 Å². The first-order valence-corrected chi connectivity index (χ1v) is 6.11. The number of rotatable bonds is 6. The van der Waals surface area contributed by atoms with E-state index in [0.717, 1.165) is 0 Å². The molecule has 1 amide bonds. The van der Waals surface area contributed by atoms with Crippen molar-refractivity contribution in [2.75, 3.05) is 6.61 Å². The minimum Gasteiger partial charge on any atom is -0.466 e. The molecule has 1 aromatic carbocycles.